The molecule has 0 unspecified atom stereocenters. The van der Waals surface area contributed by atoms with Gasteiger partial charge in [-0.25, -0.2) is 4.98 Å². The molecule has 0 radical (unpaired) electrons. The molecule has 0 aliphatic carbocycles. The lowest BCUT2D eigenvalue weighted by Gasteiger charge is -2.35. The third-order valence-electron chi connectivity index (χ3n) is 12.2. The maximum atomic E-state index is 14.1. The van der Waals surface area contributed by atoms with Crippen LogP contribution in [0.15, 0.2) is 89.5 Å². The van der Waals surface area contributed by atoms with Crippen molar-refractivity contribution in [3.8, 4) is 16.5 Å². The molecule has 7 rings (SSSR count). The minimum Gasteiger partial charge on any atom is -0.463 e. The summed E-state index contributed by atoms with van der Waals surface area (Å²) >= 11 is 1.57. The Labute approximate surface area is 413 Å². The van der Waals surface area contributed by atoms with E-state index in [2.05, 4.69) is 46.3 Å². The molecule has 4 amide bonds. The van der Waals surface area contributed by atoms with Gasteiger partial charge in [0, 0.05) is 57.1 Å². The van der Waals surface area contributed by atoms with E-state index in [4.69, 9.17) is 9.47 Å². The second-order valence-electron chi connectivity index (χ2n) is 18.9. The number of benzene rings is 3. The van der Waals surface area contributed by atoms with Crippen LogP contribution in [-0.4, -0.2) is 112 Å². The number of hydrogen-bond acceptors (Lipinski definition) is 14. The summed E-state index contributed by atoms with van der Waals surface area (Å²) in [5.74, 6) is -0.255. The first kappa shape index (κ1) is 51.1. The van der Waals surface area contributed by atoms with Crippen LogP contribution in [0.2, 0.25) is 0 Å². The Morgan fingerprint density at radius 2 is 1.70 bits per heavy atom. The van der Waals surface area contributed by atoms with Crippen molar-refractivity contribution in [2.24, 2.45) is 10.5 Å². The number of carbonyl (C=O) groups is 4. The van der Waals surface area contributed by atoms with Gasteiger partial charge in [-0.1, -0.05) is 87.0 Å². The lowest BCUT2D eigenvalue weighted by Crippen LogP contribution is -2.57. The van der Waals surface area contributed by atoms with Gasteiger partial charge in [0.25, 0.3) is 0 Å². The summed E-state index contributed by atoms with van der Waals surface area (Å²) in [5.41, 5.74) is 10.7. The molecule has 0 saturated carbocycles. The zero-order chi connectivity index (χ0) is 49.8. The van der Waals surface area contributed by atoms with Crippen LogP contribution in [-0.2, 0) is 30.3 Å². The highest BCUT2D eigenvalue weighted by atomic mass is 32.1. The van der Waals surface area contributed by atoms with Gasteiger partial charge < -0.3 is 40.3 Å². The molecule has 18 heteroatoms. The molecule has 4 atom stereocenters. The second kappa shape index (κ2) is 23.7. The number of hydrogen-bond donors (Lipinski definition) is 5. The third-order valence-corrected chi connectivity index (χ3v) is 13.2. The Morgan fingerprint density at radius 1 is 0.957 bits per heavy atom. The monoisotopic (exact) mass is 972 g/mol. The molecule has 5 N–H and O–H groups in total. The summed E-state index contributed by atoms with van der Waals surface area (Å²) in [6.45, 7) is 14.3. The number of β-amino-alcohol motifs (C(OH)–C–C–N with tert-alkyl or cyclic N) is 1. The SMILES string of the molecule is Cc1cccc(/C=N/Nc2cc(N3CCOCC3)nc(OCCc3ccc(NC(=O)CCCC(=O)N[C@H](C(=O)N4C[C@H](O)C[C@H]4C(=O)N[C@@H](C)c4ccc(-c5scnc5C)cc4)C(C)(C)C)cc3)n2)c1. The molecular weight excluding hydrogens is 909 g/mol. The summed E-state index contributed by atoms with van der Waals surface area (Å²) in [6, 6.07) is 23.2. The van der Waals surface area contributed by atoms with Gasteiger partial charge >= 0.3 is 6.01 Å². The van der Waals surface area contributed by atoms with Crippen molar-refractivity contribution in [3.63, 3.8) is 0 Å². The molecule has 0 bridgehead atoms. The number of likely N-dealkylation sites (tertiary alicyclic amines) is 1. The molecular formula is C52H64N10O7S. The number of aliphatic hydroxyl groups excluding tert-OH is 1. The molecule has 2 aromatic heterocycles. The standard InChI is InChI=1S/C52H64N10O7S/c1-33-9-7-10-37(27-33)30-54-60-43-29-44(61-22-25-68-26-23-61)58-51(57-43)69-24-21-36-13-19-40(20-14-36)56-45(64)11-8-12-46(65)59-48(52(4,5)6)50(67)62-31-41(63)28-42(62)49(66)55-34(2)38-15-17-39(18-16-38)47-35(3)53-32-70-47/h7,9-10,13-20,27,29-30,32,34,41-42,48,63H,8,11-12,21-26,28,31H2,1-6H3,(H,55,66)(H,56,64)(H,59,65)(H,57,58,60)/b54-30+/t34-,41+,42-,48+/m0/s1. The Morgan fingerprint density at radius 3 is 2.40 bits per heavy atom. The molecule has 5 aromatic rings. The molecule has 2 fully saturated rings. The third kappa shape index (κ3) is 14.2. The van der Waals surface area contributed by atoms with Gasteiger partial charge in [0.05, 0.1) is 54.3 Å². The van der Waals surface area contributed by atoms with Crippen LogP contribution in [0, 0.1) is 19.3 Å². The summed E-state index contributed by atoms with van der Waals surface area (Å²) in [5, 5.41) is 23.8. The molecule has 2 aliphatic rings. The van der Waals surface area contributed by atoms with E-state index >= 15 is 0 Å². The number of nitrogens with zero attached hydrogens (tertiary/aromatic N) is 6. The Balaban J connectivity index is 0.856. The number of nitrogens with one attached hydrogen (secondary N) is 4. The van der Waals surface area contributed by atoms with Gasteiger partial charge in [-0.15, -0.1) is 11.3 Å². The van der Waals surface area contributed by atoms with Crippen LogP contribution in [0.25, 0.3) is 10.4 Å². The van der Waals surface area contributed by atoms with Gasteiger partial charge in [-0.3, -0.25) is 24.6 Å². The number of aryl methyl sites for hydroxylation is 2. The van der Waals surface area contributed by atoms with Crippen molar-refractivity contribution in [2.75, 3.05) is 55.1 Å². The van der Waals surface area contributed by atoms with Crippen molar-refractivity contribution in [3.05, 3.63) is 112 Å². The van der Waals surface area contributed by atoms with Crippen molar-refractivity contribution < 1.29 is 33.8 Å². The van der Waals surface area contributed by atoms with Gasteiger partial charge in [0.15, 0.2) is 5.82 Å². The van der Waals surface area contributed by atoms with Gasteiger partial charge in [-0.05, 0) is 67.0 Å². The molecule has 17 nitrogen and oxygen atoms in total. The molecule has 2 saturated heterocycles. The van der Waals surface area contributed by atoms with Crippen LogP contribution in [0.4, 0.5) is 17.3 Å². The van der Waals surface area contributed by atoms with E-state index in [1.54, 1.807) is 17.6 Å². The van der Waals surface area contributed by atoms with E-state index in [9.17, 15) is 24.3 Å². The van der Waals surface area contributed by atoms with E-state index in [0.717, 1.165) is 38.4 Å². The maximum absolute atomic E-state index is 14.1. The van der Waals surface area contributed by atoms with E-state index < -0.39 is 35.4 Å². The average Bonchev–Trinajstić information content (AvgIpc) is 3.96. The number of anilines is 3. The molecule has 3 aromatic carbocycles. The van der Waals surface area contributed by atoms with Gasteiger partial charge in [0.2, 0.25) is 23.6 Å². The first-order valence-electron chi connectivity index (χ1n) is 23.8. The maximum Gasteiger partial charge on any atom is 0.320 e. The predicted molar refractivity (Wildman–Crippen MR) is 272 cm³/mol. The van der Waals surface area contributed by atoms with Crippen molar-refractivity contribution in [1.29, 1.82) is 0 Å². The van der Waals surface area contributed by atoms with Crippen LogP contribution in [0.5, 0.6) is 6.01 Å². The minimum atomic E-state index is -0.977. The van der Waals surface area contributed by atoms with Crippen LogP contribution in [0.1, 0.15) is 87.4 Å². The normalized spacial score (nSPS) is 17.0. The molecule has 4 heterocycles. The summed E-state index contributed by atoms with van der Waals surface area (Å²) < 4.78 is 11.6. The summed E-state index contributed by atoms with van der Waals surface area (Å²) in [7, 11) is 0. The number of ether oxygens (including phenoxy) is 2. The van der Waals surface area contributed by atoms with Crippen molar-refractivity contribution in [2.45, 2.75) is 97.9 Å². The highest BCUT2D eigenvalue weighted by Crippen LogP contribution is 2.30. The Hall–Kier alpha value is -6.76. The van der Waals surface area contributed by atoms with Gasteiger partial charge in [0.1, 0.15) is 17.9 Å². The number of carbonyl (C=O) groups excluding carboxylic acids is 4. The minimum absolute atomic E-state index is 0.00880. The van der Waals surface area contributed by atoms with E-state index in [1.807, 2.05) is 126 Å². The number of hydrazone groups is 1. The van der Waals surface area contributed by atoms with Crippen LogP contribution in [0.3, 0.4) is 0 Å². The smallest absolute Gasteiger partial charge is 0.320 e. The lowest BCUT2D eigenvalue weighted by atomic mass is 9.85. The van der Waals surface area contributed by atoms with Crippen LogP contribution < -0.4 is 31.0 Å². The Bertz CT molecular complexity index is 2610. The quantitative estimate of drug-likeness (QED) is 0.0438. The summed E-state index contributed by atoms with van der Waals surface area (Å²) in [4.78, 5) is 72.2. The number of aromatic nitrogens is 3. The molecule has 370 valence electrons. The number of amides is 4. The van der Waals surface area contributed by atoms with E-state index in [-0.39, 0.29) is 56.1 Å². The fourth-order valence-corrected chi connectivity index (χ4v) is 9.12. The topological polar surface area (TPSA) is 213 Å². The average molecular weight is 973 g/mol. The summed E-state index contributed by atoms with van der Waals surface area (Å²) in [6.07, 6.45) is 1.83. The zero-order valence-corrected chi connectivity index (χ0v) is 41.6. The van der Waals surface area contributed by atoms with E-state index in [1.165, 1.54) is 4.90 Å². The van der Waals surface area contributed by atoms with Crippen molar-refractivity contribution >= 4 is 58.5 Å². The first-order chi connectivity index (χ1) is 33.6. The Kier molecular flexibility index (Phi) is 17.3. The molecule has 70 heavy (non-hydrogen) atoms. The fraction of sp³-hybridized carbons (Fsp3) is 0.423. The zero-order valence-electron chi connectivity index (χ0n) is 40.7. The highest BCUT2D eigenvalue weighted by Gasteiger charge is 2.44. The predicted octanol–water partition coefficient (Wildman–Crippen LogP) is 6.60. The number of rotatable bonds is 19. The number of morpholine rings is 1. The van der Waals surface area contributed by atoms with Gasteiger partial charge in [-0.2, -0.15) is 15.1 Å². The molecule has 0 spiro atoms. The fourth-order valence-electron chi connectivity index (χ4n) is 8.31. The largest absolute Gasteiger partial charge is 0.463 e. The lowest BCUT2D eigenvalue weighted by molar-refractivity contribution is -0.144. The molecule has 2 aliphatic heterocycles. The highest BCUT2D eigenvalue weighted by molar-refractivity contribution is 7.13. The van der Waals surface area contributed by atoms with Crippen LogP contribution >= 0.6 is 11.3 Å². The number of thiazole rings is 1. The van der Waals surface area contributed by atoms with E-state index in [0.29, 0.717) is 56.7 Å². The first-order valence-corrected chi connectivity index (χ1v) is 24.7. The van der Waals surface area contributed by atoms with Crippen molar-refractivity contribution in [1.82, 2.24) is 30.5 Å². The second-order valence-corrected chi connectivity index (χ2v) is 19.7. The number of aliphatic hydroxyl groups is 1.